The largest absolute Gasteiger partial charge is 0.384 e. The lowest BCUT2D eigenvalue weighted by Crippen LogP contribution is -2.29. The van der Waals surface area contributed by atoms with Crippen LogP contribution in [0.2, 0.25) is 0 Å². The highest BCUT2D eigenvalue weighted by Crippen LogP contribution is 1.77. The van der Waals surface area contributed by atoms with Crippen molar-refractivity contribution < 1.29 is 0 Å². The molecule has 9 heavy (non-hydrogen) atoms. The zero-order valence-electron chi connectivity index (χ0n) is 4.90. The summed E-state index contributed by atoms with van der Waals surface area (Å²) in [5.41, 5.74) is 0.0812. The SMILES string of the molecule is Cc1cn(N)c(=O)nn1. The van der Waals surface area contributed by atoms with E-state index in [0.29, 0.717) is 5.69 Å². The maximum absolute atomic E-state index is 10.4. The van der Waals surface area contributed by atoms with Crippen LogP contribution < -0.4 is 11.5 Å². The molecule has 0 fully saturated rings. The van der Waals surface area contributed by atoms with Crippen LogP contribution >= 0.6 is 0 Å². The molecule has 0 saturated carbocycles. The summed E-state index contributed by atoms with van der Waals surface area (Å²) < 4.78 is 0.891. The van der Waals surface area contributed by atoms with E-state index in [2.05, 4.69) is 10.2 Å². The van der Waals surface area contributed by atoms with Gasteiger partial charge in [-0.15, -0.1) is 5.10 Å². The summed E-state index contributed by atoms with van der Waals surface area (Å²) in [6.07, 6.45) is 1.41. The maximum atomic E-state index is 10.4. The monoisotopic (exact) mass is 126 g/mol. The summed E-state index contributed by atoms with van der Waals surface area (Å²) >= 11 is 0. The van der Waals surface area contributed by atoms with E-state index in [1.54, 1.807) is 6.92 Å². The molecule has 0 aliphatic heterocycles. The number of aryl methyl sites for hydroxylation is 1. The first-order valence-electron chi connectivity index (χ1n) is 2.38. The first-order valence-corrected chi connectivity index (χ1v) is 2.38. The summed E-state index contributed by atoms with van der Waals surface area (Å²) in [5, 5.41) is 6.69. The molecule has 5 nitrogen and oxygen atoms in total. The van der Waals surface area contributed by atoms with Gasteiger partial charge in [-0.05, 0) is 6.92 Å². The number of hydrogen-bond acceptors (Lipinski definition) is 4. The molecule has 0 spiro atoms. The van der Waals surface area contributed by atoms with Crippen LogP contribution in [0.15, 0.2) is 11.0 Å². The van der Waals surface area contributed by atoms with Crippen LogP contribution in [0.5, 0.6) is 0 Å². The van der Waals surface area contributed by atoms with Gasteiger partial charge < -0.3 is 5.84 Å². The molecular formula is C4H6N4O. The Bertz CT molecular complexity index is 266. The molecule has 0 saturated heterocycles. The molecule has 2 N–H and O–H groups in total. The Balaban J connectivity index is 3.34. The van der Waals surface area contributed by atoms with E-state index in [1.807, 2.05) is 0 Å². The number of aromatic nitrogens is 3. The zero-order chi connectivity index (χ0) is 6.85. The van der Waals surface area contributed by atoms with Gasteiger partial charge in [-0.3, -0.25) is 0 Å². The van der Waals surface area contributed by atoms with Crippen LogP contribution in [-0.2, 0) is 0 Å². The molecule has 0 unspecified atom stereocenters. The van der Waals surface area contributed by atoms with Crippen molar-refractivity contribution in [2.24, 2.45) is 0 Å². The van der Waals surface area contributed by atoms with Crippen molar-refractivity contribution in [1.29, 1.82) is 0 Å². The van der Waals surface area contributed by atoms with Gasteiger partial charge in [0.15, 0.2) is 0 Å². The minimum absolute atomic E-state index is 0.541. The second-order valence-corrected chi connectivity index (χ2v) is 1.66. The van der Waals surface area contributed by atoms with Crippen molar-refractivity contribution in [3.63, 3.8) is 0 Å². The maximum Gasteiger partial charge on any atom is 0.384 e. The van der Waals surface area contributed by atoms with E-state index in [9.17, 15) is 4.79 Å². The molecular weight excluding hydrogens is 120 g/mol. The van der Waals surface area contributed by atoms with Gasteiger partial charge in [-0.2, -0.15) is 0 Å². The van der Waals surface area contributed by atoms with Gasteiger partial charge in [0, 0.05) is 0 Å². The molecule has 1 heterocycles. The number of nitrogens with two attached hydrogens (primary N) is 1. The minimum Gasteiger partial charge on any atom is -0.335 e. The molecule has 1 aromatic heterocycles. The van der Waals surface area contributed by atoms with E-state index in [-0.39, 0.29) is 0 Å². The highest BCUT2D eigenvalue weighted by Gasteiger charge is 1.90. The van der Waals surface area contributed by atoms with Crippen LogP contribution in [-0.4, -0.2) is 14.9 Å². The molecule has 5 heteroatoms. The lowest BCUT2D eigenvalue weighted by atomic mass is 10.6. The Hall–Kier alpha value is -1.39. The Morgan fingerprint density at radius 1 is 1.67 bits per heavy atom. The van der Waals surface area contributed by atoms with Crippen molar-refractivity contribution in [3.05, 3.63) is 22.4 Å². The van der Waals surface area contributed by atoms with Crippen LogP contribution in [0.4, 0.5) is 0 Å². The Kier molecular flexibility index (Phi) is 1.18. The van der Waals surface area contributed by atoms with Crippen LogP contribution in [0.25, 0.3) is 0 Å². The van der Waals surface area contributed by atoms with Crippen molar-refractivity contribution in [2.45, 2.75) is 6.92 Å². The molecule has 0 atom stereocenters. The van der Waals surface area contributed by atoms with Crippen molar-refractivity contribution in [1.82, 2.24) is 14.9 Å². The fourth-order valence-electron chi connectivity index (χ4n) is 0.456. The van der Waals surface area contributed by atoms with Crippen LogP contribution in [0.3, 0.4) is 0 Å². The highest BCUT2D eigenvalue weighted by atomic mass is 16.2. The molecule has 0 aliphatic carbocycles. The van der Waals surface area contributed by atoms with Crippen LogP contribution in [0, 0.1) is 6.92 Å². The normalized spacial score (nSPS) is 9.44. The molecule has 1 rings (SSSR count). The Labute approximate surface area is 51.1 Å². The highest BCUT2D eigenvalue weighted by molar-refractivity contribution is 4.87. The third kappa shape index (κ3) is 1.04. The zero-order valence-corrected chi connectivity index (χ0v) is 4.90. The number of nitrogen functional groups attached to an aromatic ring is 1. The summed E-state index contributed by atoms with van der Waals surface area (Å²) in [4.78, 5) is 10.4. The fraction of sp³-hybridized carbons (Fsp3) is 0.250. The van der Waals surface area contributed by atoms with Crippen LogP contribution in [0.1, 0.15) is 5.69 Å². The van der Waals surface area contributed by atoms with E-state index < -0.39 is 5.69 Å². The van der Waals surface area contributed by atoms with Gasteiger partial charge >= 0.3 is 5.69 Å². The lowest BCUT2D eigenvalue weighted by Gasteiger charge is -1.92. The number of rotatable bonds is 0. The van der Waals surface area contributed by atoms with E-state index in [1.165, 1.54) is 6.20 Å². The van der Waals surface area contributed by atoms with Gasteiger partial charge in [0.25, 0.3) is 0 Å². The Morgan fingerprint density at radius 2 is 2.33 bits per heavy atom. The standard InChI is InChI=1S/C4H6N4O/c1-3-2-8(5)4(9)7-6-3/h2H,5H2,1H3. The summed E-state index contributed by atoms with van der Waals surface area (Å²) in [5.74, 6) is 5.12. The molecule has 0 amide bonds. The predicted octanol–water partition coefficient (Wildman–Crippen LogP) is -1.34. The van der Waals surface area contributed by atoms with E-state index >= 15 is 0 Å². The van der Waals surface area contributed by atoms with Gasteiger partial charge in [-0.1, -0.05) is 5.10 Å². The third-order valence-electron chi connectivity index (χ3n) is 0.840. The molecule has 0 aromatic carbocycles. The summed E-state index contributed by atoms with van der Waals surface area (Å²) in [6, 6.07) is 0. The first-order chi connectivity index (χ1) is 4.20. The van der Waals surface area contributed by atoms with Crippen molar-refractivity contribution in [3.8, 4) is 0 Å². The quantitative estimate of drug-likeness (QED) is 0.436. The topological polar surface area (TPSA) is 73.8 Å². The minimum atomic E-state index is -0.541. The smallest absolute Gasteiger partial charge is 0.335 e. The van der Waals surface area contributed by atoms with Gasteiger partial charge in [0.1, 0.15) is 0 Å². The lowest BCUT2D eigenvalue weighted by molar-refractivity contribution is 0.778. The second kappa shape index (κ2) is 1.85. The Morgan fingerprint density at radius 3 is 2.78 bits per heavy atom. The number of hydrogen-bond donors (Lipinski definition) is 1. The molecule has 1 aromatic rings. The molecule has 48 valence electrons. The first kappa shape index (κ1) is 5.74. The van der Waals surface area contributed by atoms with Gasteiger partial charge in [0.05, 0.1) is 11.9 Å². The predicted molar refractivity (Wildman–Crippen MR) is 31.2 cm³/mol. The molecule has 0 aliphatic rings. The average Bonchev–Trinajstić information content (AvgIpc) is 1.80. The summed E-state index contributed by atoms with van der Waals surface area (Å²) in [6.45, 7) is 1.70. The second-order valence-electron chi connectivity index (χ2n) is 1.66. The van der Waals surface area contributed by atoms with E-state index in [0.717, 1.165) is 4.68 Å². The third-order valence-corrected chi connectivity index (χ3v) is 0.840. The number of nitrogens with zero attached hydrogens (tertiary/aromatic N) is 3. The van der Waals surface area contributed by atoms with Gasteiger partial charge in [-0.25, -0.2) is 9.47 Å². The van der Waals surface area contributed by atoms with Gasteiger partial charge in [0.2, 0.25) is 0 Å². The molecule has 0 radical (unpaired) electrons. The van der Waals surface area contributed by atoms with E-state index in [4.69, 9.17) is 5.84 Å². The fourth-order valence-corrected chi connectivity index (χ4v) is 0.456. The average molecular weight is 126 g/mol. The van der Waals surface area contributed by atoms with Crippen molar-refractivity contribution >= 4 is 0 Å². The summed E-state index contributed by atoms with van der Waals surface area (Å²) in [7, 11) is 0. The molecule has 0 bridgehead atoms. The van der Waals surface area contributed by atoms with Crippen molar-refractivity contribution in [2.75, 3.05) is 5.84 Å².